The Balaban J connectivity index is 3.19. The summed E-state index contributed by atoms with van der Waals surface area (Å²) in [5.41, 5.74) is -3.21. The lowest BCUT2D eigenvalue weighted by atomic mass is 10.0. The van der Waals surface area contributed by atoms with E-state index in [0.29, 0.717) is 0 Å². The van der Waals surface area contributed by atoms with Gasteiger partial charge in [-0.25, -0.2) is 0 Å². The second-order valence-corrected chi connectivity index (χ2v) is 3.43. The van der Waals surface area contributed by atoms with Crippen LogP contribution in [-0.4, -0.2) is 22.7 Å². The Bertz CT molecular complexity index is 322. The fourth-order valence-electron chi connectivity index (χ4n) is 0.855. The van der Waals surface area contributed by atoms with Crippen molar-refractivity contribution in [2.45, 2.75) is 11.8 Å². The monoisotopic (exact) mass is 225 g/mol. The maximum Gasteiger partial charge on any atom is 0.427 e. The number of hydrogen-bond acceptors (Lipinski definition) is 4. The summed E-state index contributed by atoms with van der Waals surface area (Å²) < 4.78 is 37.2. The van der Waals surface area contributed by atoms with E-state index >= 15 is 0 Å². The van der Waals surface area contributed by atoms with E-state index in [0.717, 1.165) is 17.4 Å². The fraction of sp³-hybridized carbons (Fsp3) is 0.286. The van der Waals surface area contributed by atoms with Crippen molar-refractivity contribution >= 4 is 17.6 Å². The zero-order chi connectivity index (χ0) is 10.8. The van der Waals surface area contributed by atoms with Gasteiger partial charge in [0.05, 0.1) is 11.1 Å². The molecule has 0 bridgehead atoms. The highest BCUT2D eigenvalue weighted by Gasteiger charge is 2.55. The highest BCUT2D eigenvalue weighted by atomic mass is 32.1. The average molecular weight is 225 g/mol. The van der Waals surface area contributed by atoms with Crippen LogP contribution in [0.15, 0.2) is 22.7 Å². The Morgan fingerprint density at radius 3 is 2.43 bits per heavy atom. The van der Waals surface area contributed by atoms with Gasteiger partial charge in [-0.15, -0.1) is 11.3 Å². The summed E-state index contributed by atoms with van der Waals surface area (Å²) in [6.07, 6.45) is -4.86. The SMILES string of the molecule is ON=CC(O)(c1cccs1)C(F)(F)F. The van der Waals surface area contributed by atoms with Gasteiger partial charge in [0.15, 0.2) is 0 Å². The van der Waals surface area contributed by atoms with Crippen molar-refractivity contribution in [3.8, 4) is 0 Å². The first-order valence-corrected chi connectivity index (χ1v) is 4.31. The van der Waals surface area contributed by atoms with Crippen molar-refractivity contribution in [1.29, 1.82) is 0 Å². The van der Waals surface area contributed by atoms with E-state index in [-0.39, 0.29) is 11.1 Å². The molecule has 1 aromatic heterocycles. The molecule has 0 aliphatic carbocycles. The molecular weight excluding hydrogens is 219 g/mol. The van der Waals surface area contributed by atoms with Gasteiger partial charge in [-0.2, -0.15) is 13.2 Å². The number of rotatable bonds is 2. The lowest BCUT2D eigenvalue weighted by molar-refractivity contribution is -0.232. The first-order chi connectivity index (χ1) is 6.42. The van der Waals surface area contributed by atoms with E-state index < -0.39 is 11.8 Å². The molecule has 2 N–H and O–H groups in total. The zero-order valence-electron chi connectivity index (χ0n) is 6.69. The maximum atomic E-state index is 12.4. The molecule has 78 valence electrons. The first kappa shape index (κ1) is 11.0. The molecule has 0 aliphatic heterocycles. The molecular formula is C7H6F3NO2S. The zero-order valence-corrected chi connectivity index (χ0v) is 7.51. The van der Waals surface area contributed by atoms with Crippen LogP contribution in [0.5, 0.6) is 0 Å². The van der Waals surface area contributed by atoms with Crippen LogP contribution >= 0.6 is 11.3 Å². The predicted molar refractivity (Wildman–Crippen MR) is 44.5 cm³/mol. The molecule has 0 radical (unpaired) electrons. The van der Waals surface area contributed by atoms with E-state index in [9.17, 15) is 18.3 Å². The molecule has 0 aromatic carbocycles. The number of aliphatic hydroxyl groups is 1. The van der Waals surface area contributed by atoms with Gasteiger partial charge in [0, 0.05) is 0 Å². The van der Waals surface area contributed by atoms with Crippen LogP contribution in [0.4, 0.5) is 13.2 Å². The lowest BCUT2D eigenvalue weighted by Gasteiger charge is -2.24. The third kappa shape index (κ3) is 1.73. The molecule has 1 heterocycles. The summed E-state index contributed by atoms with van der Waals surface area (Å²) in [6.45, 7) is 0. The van der Waals surface area contributed by atoms with Gasteiger partial charge in [0.2, 0.25) is 5.60 Å². The van der Waals surface area contributed by atoms with Crippen LogP contribution in [-0.2, 0) is 5.60 Å². The smallest absolute Gasteiger partial charge is 0.411 e. The van der Waals surface area contributed by atoms with E-state index in [2.05, 4.69) is 5.16 Å². The van der Waals surface area contributed by atoms with Crippen LogP contribution in [0.1, 0.15) is 4.88 Å². The number of halogens is 3. The Morgan fingerprint density at radius 2 is 2.07 bits per heavy atom. The molecule has 7 heteroatoms. The van der Waals surface area contributed by atoms with Crippen LogP contribution in [0.2, 0.25) is 0 Å². The average Bonchev–Trinajstić information content (AvgIpc) is 2.54. The van der Waals surface area contributed by atoms with Crippen molar-refractivity contribution in [2.75, 3.05) is 0 Å². The molecule has 1 aromatic rings. The van der Waals surface area contributed by atoms with E-state index in [4.69, 9.17) is 5.21 Å². The molecule has 3 nitrogen and oxygen atoms in total. The summed E-state index contributed by atoms with van der Waals surface area (Å²) in [7, 11) is 0. The topological polar surface area (TPSA) is 52.8 Å². The minimum atomic E-state index is -4.91. The molecule has 1 atom stereocenters. The number of oxime groups is 1. The summed E-state index contributed by atoms with van der Waals surface area (Å²) in [5.74, 6) is 0. The predicted octanol–water partition coefficient (Wildman–Crippen LogP) is 1.96. The molecule has 0 aliphatic rings. The fourth-order valence-corrected chi connectivity index (χ4v) is 1.66. The summed E-state index contributed by atoms with van der Waals surface area (Å²) in [5, 5.41) is 21.0. The second kappa shape index (κ2) is 3.58. The van der Waals surface area contributed by atoms with Crippen molar-refractivity contribution in [3.63, 3.8) is 0 Å². The van der Waals surface area contributed by atoms with Gasteiger partial charge < -0.3 is 10.3 Å². The number of hydrogen-bond donors (Lipinski definition) is 2. The number of nitrogens with zero attached hydrogens (tertiary/aromatic N) is 1. The third-order valence-electron chi connectivity index (χ3n) is 1.57. The molecule has 1 rings (SSSR count). The summed E-state index contributed by atoms with van der Waals surface area (Å²) in [4.78, 5) is -0.345. The highest BCUT2D eigenvalue weighted by molar-refractivity contribution is 7.10. The van der Waals surface area contributed by atoms with E-state index in [1.165, 1.54) is 11.4 Å². The first-order valence-electron chi connectivity index (χ1n) is 3.43. The van der Waals surface area contributed by atoms with Gasteiger partial charge in [-0.05, 0) is 11.4 Å². The molecule has 0 fully saturated rings. The standard InChI is InChI=1S/C7H6F3NO2S/c8-7(9,10)6(12,4-11-13)5-2-1-3-14-5/h1-4,12-13H. The van der Waals surface area contributed by atoms with Crippen LogP contribution in [0.25, 0.3) is 0 Å². The van der Waals surface area contributed by atoms with Crippen LogP contribution < -0.4 is 0 Å². The number of alkyl halides is 3. The number of thiophene rings is 1. The third-order valence-corrected chi connectivity index (χ3v) is 2.57. The van der Waals surface area contributed by atoms with Gasteiger partial charge in [-0.1, -0.05) is 11.2 Å². The van der Waals surface area contributed by atoms with Gasteiger partial charge >= 0.3 is 6.18 Å². The Kier molecular flexibility index (Phi) is 2.81. The van der Waals surface area contributed by atoms with Crippen molar-refractivity contribution in [2.24, 2.45) is 5.16 Å². The molecule has 0 saturated heterocycles. The molecule has 1 unspecified atom stereocenters. The molecule has 0 amide bonds. The lowest BCUT2D eigenvalue weighted by Crippen LogP contribution is -2.43. The van der Waals surface area contributed by atoms with Crippen molar-refractivity contribution in [3.05, 3.63) is 22.4 Å². The molecule has 0 saturated carbocycles. The normalized spacial score (nSPS) is 17.1. The molecule has 0 spiro atoms. The minimum Gasteiger partial charge on any atom is -0.411 e. The second-order valence-electron chi connectivity index (χ2n) is 2.49. The Hall–Kier alpha value is -1.08. The highest BCUT2D eigenvalue weighted by Crippen LogP contribution is 2.39. The van der Waals surface area contributed by atoms with E-state index in [1.807, 2.05) is 0 Å². The largest absolute Gasteiger partial charge is 0.427 e. The summed E-state index contributed by atoms with van der Waals surface area (Å²) in [6, 6.07) is 2.47. The quantitative estimate of drug-likeness (QED) is 0.459. The van der Waals surface area contributed by atoms with E-state index in [1.54, 1.807) is 0 Å². The Labute approximate surface area is 81.1 Å². The van der Waals surface area contributed by atoms with Crippen LogP contribution in [0.3, 0.4) is 0 Å². The molecule has 14 heavy (non-hydrogen) atoms. The minimum absolute atomic E-state index is 0.0544. The Morgan fingerprint density at radius 1 is 1.43 bits per heavy atom. The van der Waals surface area contributed by atoms with Crippen molar-refractivity contribution in [1.82, 2.24) is 0 Å². The maximum absolute atomic E-state index is 12.4. The van der Waals surface area contributed by atoms with Crippen LogP contribution in [0, 0.1) is 0 Å². The van der Waals surface area contributed by atoms with Gasteiger partial charge in [-0.3, -0.25) is 0 Å². The summed E-state index contributed by atoms with van der Waals surface area (Å²) >= 11 is 0.724. The van der Waals surface area contributed by atoms with Gasteiger partial charge in [0.1, 0.15) is 0 Å². The van der Waals surface area contributed by atoms with Crippen molar-refractivity contribution < 1.29 is 23.5 Å². The van der Waals surface area contributed by atoms with Gasteiger partial charge in [0.25, 0.3) is 0 Å².